The molecular formula is C17H24FNO2. The van der Waals surface area contributed by atoms with Gasteiger partial charge in [0.25, 0.3) is 0 Å². The molecule has 2 aliphatic rings. The molecule has 0 bridgehead atoms. The zero-order valence-corrected chi connectivity index (χ0v) is 12.5. The van der Waals surface area contributed by atoms with Gasteiger partial charge in [0, 0.05) is 32.8 Å². The Bertz CT molecular complexity index is 424. The fraction of sp³-hybridized carbons (Fsp3) is 0.647. The molecule has 0 aromatic heterocycles. The standard InChI is InChI=1S/C17H24FNO2/c18-16-4-1-3-14(9-16)10-19(11-15-6-8-20-13-15)12-17-5-2-7-21-17/h1,3-4,9,15,17H,2,5-8,10-13H2. The van der Waals surface area contributed by atoms with Gasteiger partial charge in [-0.2, -0.15) is 0 Å². The van der Waals surface area contributed by atoms with Gasteiger partial charge in [0.1, 0.15) is 5.82 Å². The van der Waals surface area contributed by atoms with Crippen molar-refractivity contribution in [2.45, 2.75) is 31.9 Å². The third-order valence-corrected chi connectivity index (χ3v) is 4.32. The summed E-state index contributed by atoms with van der Waals surface area (Å²) in [4.78, 5) is 2.41. The van der Waals surface area contributed by atoms with Gasteiger partial charge < -0.3 is 9.47 Å². The third kappa shape index (κ3) is 4.50. The van der Waals surface area contributed by atoms with Crippen LogP contribution in [0.1, 0.15) is 24.8 Å². The zero-order valence-electron chi connectivity index (χ0n) is 12.5. The number of halogens is 1. The Labute approximate surface area is 126 Å². The smallest absolute Gasteiger partial charge is 0.123 e. The quantitative estimate of drug-likeness (QED) is 0.805. The summed E-state index contributed by atoms with van der Waals surface area (Å²) in [7, 11) is 0. The van der Waals surface area contributed by atoms with Crippen molar-refractivity contribution in [1.82, 2.24) is 4.90 Å². The first-order valence-electron chi connectivity index (χ1n) is 7.96. The van der Waals surface area contributed by atoms with Crippen LogP contribution >= 0.6 is 0 Å². The van der Waals surface area contributed by atoms with Crippen molar-refractivity contribution >= 4 is 0 Å². The van der Waals surface area contributed by atoms with Crippen molar-refractivity contribution in [3.8, 4) is 0 Å². The van der Waals surface area contributed by atoms with Crippen LogP contribution in [0.3, 0.4) is 0 Å². The molecule has 0 spiro atoms. The van der Waals surface area contributed by atoms with Crippen LogP contribution in [-0.2, 0) is 16.0 Å². The molecule has 1 aromatic rings. The normalized spacial score (nSPS) is 25.8. The highest BCUT2D eigenvalue weighted by Gasteiger charge is 2.23. The monoisotopic (exact) mass is 293 g/mol. The Morgan fingerprint density at radius 2 is 2.14 bits per heavy atom. The summed E-state index contributed by atoms with van der Waals surface area (Å²) in [6, 6.07) is 6.91. The molecule has 1 aromatic carbocycles. The van der Waals surface area contributed by atoms with E-state index in [2.05, 4.69) is 4.90 Å². The van der Waals surface area contributed by atoms with Crippen LogP contribution in [0.4, 0.5) is 4.39 Å². The summed E-state index contributed by atoms with van der Waals surface area (Å²) in [6.07, 6.45) is 3.76. The van der Waals surface area contributed by atoms with Gasteiger partial charge in [-0.1, -0.05) is 12.1 Å². The molecule has 0 radical (unpaired) electrons. The number of nitrogens with zero attached hydrogens (tertiary/aromatic N) is 1. The predicted molar refractivity (Wildman–Crippen MR) is 79.6 cm³/mol. The molecule has 2 saturated heterocycles. The minimum absolute atomic E-state index is 0.159. The lowest BCUT2D eigenvalue weighted by Gasteiger charge is -2.27. The van der Waals surface area contributed by atoms with Crippen LogP contribution in [0.2, 0.25) is 0 Å². The van der Waals surface area contributed by atoms with Gasteiger partial charge in [-0.05, 0) is 42.9 Å². The van der Waals surface area contributed by atoms with E-state index in [4.69, 9.17) is 9.47 Å². The van der Waals surface area contributed by atoms with E-state index in [0.29, 0.717) is 12.0 Å². The van der Waals surface area contributed by atoms with E-state index in [9.17, 15) is 4.39 Å². The largest absolute Gasteiger partial charge is 0.381 e. The van der Waals surface area contributed by atoms with E-state index in [1.54, 1.807) is 12.1 Å². The maximum absolute atomic E-state index is 13.4. The first kappa shape index (κ1) is 14.9. The van der Waals surface area contributed by atoms with E-state index < -0.39 is 0 Å². The molecule has 0 amide bonds. The van der Waals surface area contributed by atoms with Crippen molar-refractivity contribution in [3.05, 3.63) is 35.6 Å². The summed E-state index contributed by atoms with van der Waals surface area (Å²) < 4.78 is 24.6. The van der Waals surface area contributed by atoms with Crippen molar-refractivity contribution in [2.75, 3.05) is 32.9 Å². The second-order valence-corrected chi connectivity index (χ2v) is 6.19. The maximum Gasteiger partial charge on any atom is 0.123 e. The molecule has 116 valence electrons. The van der Waals surface area contributed by atoms with Gasteiger partial charge in [-0.3, -0.25) is 4.90 Å². The highest BCUT2D eigenvalue weighted by Crippen LogP contribution is 2.19. The SMILES string of the molecule is Fc1cccc(CN(CC2CCOC2)CC2CCCO2)c1. The predicted octanol–water partition coefficient (Wildman–Crippen LogP) is 2.84. The van der Waals surface area contributed by atoms with Crippen molar-refractivity contribution < 1.29 is 13.9 Å². The second kappa shape index (κ2) is 7.34. The molecule has 0 N–H and O–H groups in total. The maximum atomic E-state index is 13.4. The van der Waals surface area contributed by atoms with Crippen LogP contribution in [0, 0.1) is 11.7 Å². The molecule has 4 heteroatoms. The molecule has 2 heterocycles. The minimum atomic E-state index is -0.159. The van der Waals surface area contributed by atoms with Crippen molar-refractivity contribution in [2.24, 2.45) is 5.92 Å². The Kier molecular flexibility index (Phi) is 5.22. The molecule has 3 nitrogen and oxygen atoms in total. The van der Waals surface area contributed by atoms with Crippen LogP contribution in [-0.4, -0.2) is 43.9 Å². The van der Waals surface area contributed by atoms with E-state index in [1.807, 2.05) is 6.07 Å². The molecule has 0 saturated carbocycles. The van der Waals surface area contributed by atoms with Gasteiger partial charge in [-0.15, -0.1) is 0 Å². The van der Waals surface area contributed by atoms with Crippen LogP contribution in [0.5, 0.6) is 0 Å². The Hall–Kier alpha value is -0.970. The first-order chi connectivity index (χ1) is 10.3. The minimum Gasteiger partial charge on any atom is -0.381 e. The fourth-order valence-electron chi connectivity index (χ4n) is 3.27. The van der Waals surface area contributed by atoms with Crippen LogP contribution < -0.4 is 0 Å². The fourth-order valence-corrected chi connectivity index (χ4v) is 3.27. The number of ether oxygens (including phenoxy) is 2. The van der Waals surface area contributed by atoms with E-state index in [0.717, 1.165) is 64.3 Å². The number of rotatable bonds is 6. The zero-order chi connectivity index (χ0) is 14.5. The van der Waals surface area contributed by atoms with Crippen molar-refractivity contribution in [3.63, 3.8) is 0 Å². The molecule has 2 fully saturated rings. The summed E-state index contributed by atoms with van der Waals surface area (Å²) in [6.45, 7) is 5.34. The number of hydrogen-bond acceptors (Lipinski definition) is 3. The van der Waals surface area contributed by atoms with Gasteiger partial charge in [0.15, 0.2) is 0 Å². The number of hydrogen-bond donors (Lipinski definition) is 0. The topological polar surface area (TPSA) is 21.7 Å². The summed E-state index contributed by atoms with van der Waals surface area (Å²) >= 11 is 0. The second-order valence-electron chi connectivity index (χ2n) is 6.19. The van der Waals surface area contributed by atoms with E-state index in [-0.39, 0.29) is 5.82 Å². The first-order valence-corrected chi connectivity index (χ1v) is 7.96. The van der Waals surface area contributed by atoms with Gasteiger partial charge in [-0.25, -0.2) is 4.39 Å². The Morgan fingerprint density at radius 3 is 2.86 bits per heavy atom. The van der Waals surface area contributed by atoms with E-state index in [1.165, 1.54) is 6.07 Å². The summed E-state index contributed by atoms with van der Waals surface area (Å²) in [5.41, 5.74) is 1.03. The lowest BCUT2D eigenvalue weighted by Crippen LogP contribution is -2.35. The summed E-state index contributed by atoms with van der Waals surface area (Å²) in [5.74, 6) is 0.439. The lowest BCUT2D eigenvalue weighted by molar-refractivity contribution is 0.0631. The van der Waals surface area contributed by atoms with Gasteiger partial charge in [0.05, 0.1) is 12.7 Å². The molecule has 2 unspecified atom stereocenters. The van der Waals surface area contributed by atoms with E-state index >= 15 is 0 Å². The highest BCUT2D eigenvalue weighted by molar-refractivity contribution is 5.16. The molecule has 0 aliphatic carbocycles. The Morgan fingerprint density at radius 1 is 1.19 bits per heavy atom. The molecule has 21 heavy (non-hydrogen) atoms. The Balaban J connectivity index is 1.61. The molecule has 3 rings (SSSR count). The molecule has 2 aliphatic heterocycles. The van der Waals surface area contributed by atoms with Gasteiger partial charge >= 0.3 is 0 Å². The average molecular weight is 293 g/mol. The summed E-state index contributed by atoms with van der Waals surface area (Å²) in [5, 5.41) is 0. The average Bonchev–Trinajstić information content (AvgIpc) is 3.12. The van der Waals surface area contributed by atoms with Crippen LogP contribution in [0.15, 0.2) is 24.3 Å². The van der Waals surface area contributed by atoms with Crippen LogP contribution in [0.25, 0.3) is 0 Å². The number of benzene rings is 1. The molecular weight excluding hydrogens is 269 g/mol. The van der Waals surface area contributed by atoms with Gasteiger partial charge in [0.2, 0.25) is 0 Å². The third-order valence-electron chi connectivity index (χ3n) is 4.32. The highest BCUT2D eigenvalue weighted by atomic mass is 19.1. The van der Waals surface area contributed by atoms with Crippen molar-refractivity contribution in [1.29, 1.82) is 0 Å². The lowest BCUT2D eigenvalue weighted by atomic mass is 10.1. The molecule has 2 atom stereocenters.